The maximum absolute atomic E-state index is 12.4. The number of ether oxygens (including phenoxy) is 1. The summed E-state index contributed by atoms with van der Waals surface area (Å²) in [6.45, 7) is 0. The number of nitrogens with one attached hydrogen (secondary N) is 2. The molecule has 2 heterocycles. The minimum atomic E-state index is -0.994. The number of amides is 1. The Bertz CT molecular complexity index is 1460. The molecule has 0 fully saturated rings. The lowest BCUT2D eigenvalue weighted by atomic mass is 10.1. The van der Waals surface area contributed by atoms with E-state index in [9.17, 15) is 19.2 Å². The molecule has 0 bridgehead atoms. The number of aromatic amines is 1. The summed E-state index contributed by atoms with van der Waals surface area (Å²) in [5.74, 6) is -2.10. The maximum atomic E-state index is 12.4. The van der Waals surface area contributed by atoms with E-state index in [1.807, 2.05) is 0 Å². The van der Waals surface area contributed by atoms with Gasteiger partial charge in [0.25, 0.3) is 5.56 Å². The number of nitrogens with two attached hydrogens (primary N) is 1. The lowest BCUT2D eigenvalue weighted by molar-refractivity contribution is -0.138. The lowest BCUT2D eigenvalue weighted by Crippen LogP contribution is -2.36. The molecule has 35 heavy (non-hydrogen) atoms. The van der Waals surface area contributed by atoms with E-state index >= 15 is 0 Å². The van der Waals surface area contributed by atoms with E-state index in [0.717, 1.165) is 5.39 Å². The Labute approximate surface area is 204 Å². The SMILES string of the molecule is N[C@@H](CCC(=O)OC(=O)c1ccc2c(Cl)c[nH]c2c1)C(=O)Nc1ccc(-n2ccccc2=O)cc1. The summed E-state index contributed by atoms with van der Waals surface area (Å²) in [4.78, 5) is 51.6. The Morgan fingerprint density at radius 3 is 2.60 bits per heavy atom. The Hall–Kier alpha value is -4.21. The second kappa shape index (κ2) is 10.4. The van der Waals surface area contributed by atoms with E-state index in [2.05, 4.69) is 10.3 Å². The van der Waals surface area contributed by atoms with Crippen LogP contribution in [0.2, 0.25) is 5.02 Å². The Morgan fingerprint density at radius 1 is 1.09 bits per heavy atom. The van der Waals surface area contributed by atoms with Gasteiger partial charge in [0, 0.05) is 47.2 Å². The molecule has 4 N–H and O–H groups in total. The number of halogens is 1. The zero-order valence-electron chi connectivity index (χ0n) is 18.4. The monoisotopic (exact) mass is 492 g/mol. The quantitative estimate of drug-likeness (QED) is 0.267. The number of benzene rings is 2. The fourth-order valence-electron chi connectivity index (χ4n) is 3.42. The Balaban J connectivity index is 1.27. The van der Waals surface area contributed by atoms with E-state index in [-0.39, 0.29) is 24.0 Å². The van der Waals surface area contributed by atoms with Crippen LogP contribution in [0.25, 0.3) is 16.6 Å². The first kappa shape index (κ1) is 23.9. The van der Waals surface area contributed by atoms with Crippen molar-refractivity contribution in [3.63, 3.8) is 0 Å². The molecule has 0 aliphatic heterocycles. The number of hydrogen-bond acceptors (Lipinski definition) is 6. The van der Waals surface area contributed by atoms with Gasteiger partial charge in [-0.05, 0) is 48.9 Å². The Kier molecular flexibility index (Phi) is 7.09. The van der Waals surface area contributed by atoms with Crippen LogP contribution in [0.3, 0.4) is 0 Å². The predicted octanol–water partition coefficient (Wildman–Crippen LogP) is 3.40. The molecule has 1 atom stereocenters. The van der Waals surface area contributed by atoms with Crippen LogP contribution in [-0.4, -0.2) is 33.4 Å². The molecular formula is C25H21ClN4O5. The lowest BCUT2D eigenvalue weighted by Gasteiger charge is -2.12. The molecule has 10 heteroatoms. The van der Waals surface area contributed by atoms with Crippen molar-refractivity contribution in [2.45, 2.75) is 18.9 Å². The molecule has 0 aliphatic rings. The van der Waals surface area contributed by atoms with E-state index < -0.39 is 23.9 Å². The van der Waals surface area contributed by atoms with Crippen molar-refractivity contribution in [2.24, 2.45) is 5.73 Å². The second-order valence-corrected chi connectivity index (χ2v) is 8.16. The summed E-state index contributed by atoms with van der Waals surface area (Å²) >= 11 is 6.02. The van der Waals surface area contributed by atoms with Gasteiger partial charge in [-0.25, -0.2) is 4.79 Å². The van der Waals surface area contributed by atoms with Crippen LogP contribution in [0.5, 0.6) is 0 Å². The smallest absolute Gasteiger partial charge is 0.345 e. The van der Waals surface area contributed by atoms with Gasteiger partial charge >= 0.3 is 11.9 Å². The van der Waals surface area contributed by atoms with Gasteiger partial charge in [0.2, 0.25) is 5.91 Å². The van der Waals surface area contributed by atoms with Crippen LogP contribution in [0.1, 0.15) is 23.2 Å². The van der Waals surface area contributed by atoms with E-state index in [4.69, 9.17) is 22.1 Å². The van der Waals surface area contributed by atoms with Crippen LogP contribution < -0.4 is 16.6 Å². The number of fused-ring (bicyclic) bond motifs is 1. The molecule has 9 nitrogen and oxygen atoms in total. The minimum absolute atomic E-state index is 0.0132. The summed E-state index contributed by atoms with van der Waals surface area (Å²) in [6, 6.07) is 15.2. The third-order valence-electron chi connectivity index (χ3n) is 5.31. The molecule has 4 rings (SSSR count). The number of carbonyl (C=O) groups is 3. The van der Waals surface area contributed by atoms with Crippen molar-refractivity contribution in [1.82, 2.24) is 9.55 Å². The summed E-state index contributed by atoms with van der Waals surface area (Å²) < 4.78 is 6.33. The van der Waals surface area contributed by atoms with Gasteiger partial charge in [0.1, 0.15) is 0 Å². The number of carbonyl (C=O) groups excluding carboxylic acids is 3. The molecule has 0 radical (unpaired) electrons. The number of esters is 2. The normalized spacial score (nSPS) is 11.7. The molecule has 0 saturated heterocycles. The molecule has 1 amide bonds. The molecule has 2 aromatic heterocycles. The summed E-state index contributed by atoms with van der Waals surface area (Å²) in [7, 11) is 0. The molecule has 0 spiro atoms. The van der Waals surface area contributed by atoms with Crippen LogP contribution in [0.15, 0.2) is 77.9 Å². The van der Waals surface area contributed by atoms with E-state index in [0.29, 0.717) is 21.9 Å². The second-order valence-electron chi connectivity index (χ2n) is 7.75. The number of hydrogen-bond donors (Lipinski definition) is 3. The molecular weight excluding hydrogens is 472 g/mol. The number of aromatic nitrogens is 2. The van der Waals surface area contributed by atoms with Gasteiger partial charge in [0.05, 0.1) is 16.6 Å². The number of H-pyrrole nitrogens is 1. The molecule has 2 aromatic carbocycles. The molecule has 0 aliphatic carbocycles. The summed E-state index contributed by atoms with van der Waals surface area (Å²) in [5, 5.41) is 3.92. The highest BCUT2D eigenvalue weighted by Crippen LogP contribution is 2.24. The molecule has 0 unspecified atom stereocenters. The number of rotatable bonds is 7. The zero-order chi connectivity index (χ0) is 24.9. The highest BCUT2D eigenvalue weighted by Gasteiger charge is 2.19. The van der Waals surface area contributed by atoms with Crippen LogP contribution >= 0.6 is 11.6 Å². The van der Waals surface area contributed by atoms with Crippen LogP contribution in [0.4, 0.5) is 5.69 Å². The molecule has 178 valence electrons. The topological polar surface area (TPSA) is 136 Å². The first-order valence-electron chi connectivity index (χ1n) is 10.7. The third-order valence-corrected chi connectivity index (χ3v) is 5.62. The fraction of sp³-hybridized carbons (Fsp3) is 0.120. The van der Waals surface area contributed by atoms with Crippen molar-refractivity contribution in [3.05, 3.63) is 94.0 Å². The largest absolute Gasteiger partial charge is 0.389 e. The minimum Gasteiger partial charge on any atom is -0.389 e. The van der Waals surface area contributed by atoms with Crippen molar-refractivity contribution in [3.8, 4) is 5.69 Å². The first-order valence-corrected chi connectivity index (χ1v) is 11.1. The Morgan fingerprint density at radius 2 is 1.86 bits per heavy atom. The van der Waals surface area contributed by atoms with Crippen molar-refractivity contribution >= 4 is 46.0 Å². The first-order chi connectivity index (χ1) is 16.8. The van der Waals surface area contributed by atoms with E-state index in [1.165, 1.54) is 22.8 Å². The highest BCUT2D eigenvalue weighted by molar-refractivity contribution is 6.35. The van der Waals surface area contributed by atoms with Gasteiger partial charge in [-0.1, -0.05) is 23.7 Å². The van der Waals surface area contributed by atoms with Crippen LogP contribution in [0, 0.1) is 0 Å². The van der Waals surface area contributed by atoms with Gasteiger partial charge in [-0.15, -0.1) is 0 Å². The highest BCUT2D eigenvalue weighted by atomic mass is 35.5. The number of pyridine rings is 1. The average molecular weight is 493 g/mol. The zero-order valence-corrected chi connectivity index (χ0v) is 19.1. The molecule has 4 aromatic rings. The standard InChI is InChI=1S/C25H21ClN4O5/c26-19-14-28-21-13-15(4-9-18(19)21)25(34)35-23(32)11-10-20(27)24(33)29-16-5-7-17(8-6-16)30-12-2-1-3-22(30)31/h1-9,12-14,20,28H,10-11,27H2,(H,29,33)/t20-/m0/s1. The maximum Gasteiger partial charge on any atom is 0.345 e. The van der Waals surface area contributed by atoms with E-state index in [1.54, 1.807) is 54.9 Å². The summed E-state index contributed by atoms with van der Waals surface area (Å²) in [6.07, 6.45) is 3.01. The molecule has 0 saturated carbocycles. The third kappa shape index (κ3) is 5.65. The average Bonchev–Trinajstić information content (AvgIpc) is 3.23. The fourth-order valence-corrected chi connectivity index (χ4v) is 3.64. The van der Waals surface area contributed by atoms with Crippen LogP contribution in [-0.2, 0) is 14.3 Å². The van der Waals surface area contributed by atoms with Crippen molar-refractivity contribution < 1.29 is 19.1 Å². The van der Waals surface area contributed by atoms with Gasteiger partial charge in [-0.2, -0.15) is 0 Å². The van der Waals surface area contributed by atoms with Gasteiger partial charge < -0.3 is 20.8 Å². The number of anilines is 1. The van der Waals surface area contributed by atoms with Gasteiger partial charge in [-0.3, -0.25) is 19.0 Å². The predicted molar refractivity (Wildman–Crippen MR) is 132 cm³/mol. The van der Waals surface area contributed by atoms with Gasteiger partial charge in [0.15, 0.2) is 0 Å². The summed E-state index contributed by atoms with van der Waals surface area (Å²) in [5.41, 5.74) is 7.67. The van der Waals surface area contributed by atoms with Crippen molar-refractivity contribution in [1.29, 1.82) is 0 Å². The number of nitrogens with zero attached hydrogens (tertiary/aromatic N) is 1. The van der Waals surface area contributed by atoms with Crippen molar-refractivity contribution in [2.75, 3.05) is 5.32 Å².